The molecule has 1 aliphatic rings. The number of fused-ring (bicyclic) bond motifs is 1. The van der Waals surface area contributed by atoms with Crippen molar-refractivity contribution in [2.24, 2.45) is 0 Å². The molecule has 0 unspecified atom stereocenters. The van der Waals surface area contributed by atoms with Gasteiger partial charge < -0.3 is 10.5 Å². The van der Waals surface area contributed by atoms with E-state index in [-0.39, 0.29) is 18.9 Å². The summed E-state index contributed by atoms with van der Waals surface area (Å²) < 4.78 is 39.4. The van der Waals surface area contributed by atoms with Crippen LogP contribution in [0.25, 0.3) is 11.2 Å². The quantitative estimate of drug-likeness (QED) is 0.639. The molecular weight excluding hydrogens is 300 g/mol. The van der Waals surface area contributed by atoms with Crippen molar-refractivity contribution >= 4 is 27.3 Å². The number of ether oxygens (including phenoxy) is 1. The smallest absolute Gasteiger partial charge is 0.333 e. The molecular formula is C10H14N6O4S. The van der Waals surface area contributed by atoms with Gasteiger partial charge in [-0.05, 0) is 12.8 Å². The summed E-state index contributed by atoms with van der Waals surface area (Å²) in [6, 6.07) is 0. The van der Waals surface area contributed by atoms with Crippen molar-refractivity contribution in [2.75, 3.05) is 12.3 Å². The molecule has 2 atom stereocenters. The Labute approximate surface area is 120 Å². The number of hydrogen-bond acceptors (Lipinski definition) is 7. The highest BCUT2D eigenvalue weighted by Gasteiger charge is 2.28. The molecule has 0 radical (unpaired) electrons. The molecule has 0 bridgehead atoms. The minimum atomic E-state index is -4.21. The fraction of sp³-hybridized carbons (Fsp3) is 0.500. The zero-order valence-electron chi connectivity index (χ0n) is 10.9. The van der Waals surface area contributed by atoms with Gasteiger partial charge in [0, 0.05) is 6.54 Å². The van der Waals surface area contributed by atoms with Crippen LogP contribution in [0.5, 0.6) is 0 Å². The summed E-state index contributed by atoms with van der Waals surface area (Å²) >= 11 is 0. The molecule has 3 heterocycles. The third-order valence-corrected chi connectivity index (χ3v) is 3.81. The molecule has 0 aromatic carbocycles. The molecule has 0 saturated carbocycles. The molecule has 4 N–H and O–H groups in total. The maximum atomic E-state index is 10.7. The van der Waals surface area contributed by atoms with Crippen molar-refractivity contribution in [3.05, 3.63) is 12.7 Å². The number of nitrogen functional groups attached to an aromatic ring is 1. The molecule has 1 saturated heterocycles. The van der Waals surface area contributed by atoms with Crippen molar-refractivity contribution in [2.45, 2.75) is 25.2 Å². The average molecular weight is 314 g/mol. The lowest BCUT2D eigenvalue weighted by molar-refractivity contribution is 0.00690. The maximum absolute atomic E-state index is 10.7. The van der Waals surface area contributed by atoms with Crippen LogP contribution < -0.4 is 10.5 Å². The van der Waals surface area contributed by atoms with Gasteiger partial charge in [-0.15, -0.1) is 0 Å². The van der Waals surface area contributed by atoms with Gasteiger partial charge in [0.2, 0.25) is 0 Å². The van der Waals surface area contributed by atoms with Crippen molar-refractivity contribution in [1.29, 1.82) is 0 Å². The van der Waals surface area contributed by atoms with Crippen LogP contribution in [-0.2, 0) is 15.0 Å². The van der Waals surface area contributed by atoms with Gasteiger partial charge in [-0.3, -0.25) is 9.12 Å². The second-order valence-corrected chi connectivity index (χ2v) is 5.94. The Morgan fingerprint density at radius 3 is 3.00 bits per heavy atom. The van der Waals surface area contributed by atoms with E-state index in [4.69, 9.17) is 15.0 Å². The number of nitrogens with one attached hydrogen (secondary N) is 1. The highest BCUT2D eigenvalue weighted by molar-refractivity contribution is 7.83. The monoisotopic (exact) mass is 314 g/mol. The van der Waals surface area contributed by atoms with Gasteiger partial charge in [0.25, 0.3) is 0 Å². The Kier molecular flexibility index (Phi) is 3.49. The summed E-state index contributed by atoms with van der Waals surface area (Å²) in [5.41, 5.74) is 6.79. The van der Waals surface area contributed by atoms with Gasteiger partial charge in [0.05, 0.1) is 12.4 Å². The number of nitrogens with two attached hydrogens (primary N) is 1. The molecule has 10 nitrogen and oxygen atoms in total. The summed E-state index contributed by atoms with van der Waals surface area (Å²) in [4.78, 5) is 12.2. The van der Waals surface area contributed by atoms with E-state index in [2.05, 4.69) is 15.0 Å². The molecule has 1 fully saturated rings. The van der Waals surface area contributed by atoms with Crippen LogP contribution in [0.15, 0.2) is 12.7 Å². The normalized spacial score (nSPS) is 22.9. The van der Waals surface area contributed by atoms with Crippen molar-refractivity contribution in [3.8, 4) is 0 Å². The van der Waals surface area contributed by atoms with Gasteiger partial charge in [0.1, 0.15) is 18.1 Å². The fourth-order valence-electron chi connectivity index (χ4n) is 2.32. The first kappa shape index (κ1) is 14.1. The minimum absolute atomic E-state index is 0.0130. The Hall–Kier alpha value is -1.82. The van der Waals surface area contributed by atoms with E-state index in [0.717, 1.165) is 0 Å². The summed E-state index contributed by atoms with van der Waals surface area (Å²) in [7, 11) is -4.21. The first-order chi connectivity index (χ1) is 9.94. The van der Waals surface area contributed by atoms with Crippen LogP contribution in [0, 0.1) is 0 Å². The molecule has 0 spiro atoms. The third kappa shape index (κ3) is 2.95. The number of anilines is 1. The molecule has 114 valence electrons. The Bertz CT molecular complexity index is 760. The second-order valence-electron chi connectivity index (χ2n) is 4.70. The van der Waals surface area contributed by atoms with Gasteiger partial charge in [-0.1, -0.05) is 0 Å². The van der Waals surface area contributed by atoms with Crippen LogP contribution in [0.4, 0.5) is 5.82 Å². The molecule has 2 aromatic rings. The summed E-state index contributed by atoms with van der Waals surface area (Å²) in [5, 5.41) is 0. The lowest BCUT2D eigenvalue weighted by Gasteiger charge is -2.15. The standard InChI is InChI=1S/C10H14N6O4S/c11-9-8-10(13-4-12-9)16(5-14-8)7-2-1-6(20-7)3-15-21(17,18)19/h4-7,15H,1-3H2,(H2,11,12,13)(H,17,18,19)/t6-,7+/m0/s1. The molecule has 2 aromatic heterocycles. The van der Waals surface area contributed by atoms with Crippen LogP contribution in [0.1, 0.15) is 19.1 Å². The van der Waals surface area contributed by atoms with Crippen molar-refractivity contribution in [3.63, 3.8) is 0 Å². The predicted octanol–water partition coefficient (Wildman–Crippen LogP) is -0.521. The molecule has 21 heavy (non-hydrogen) atoms. The minimum Gasteiger partial charge on any atom is -0.382 e. The van der Waals surface area contributed by atoms with Crippen molar-refractivity contribution < 1.29 is 17.7 Å². The predicted molar refractivity (Wildman–Crippen MR) is 72.4 cm³/mol. The summed E-state index contributed by atoms with van der Waals surface area (Å²) in [6.45, 7) is 0.0130. The van der Waals surface area contributed by atoms with Crippen molar-refractivity contribution in [1.82, 2.24) is 24.2 Å². The Morgan fingerprint density at radius 2 is 2.24 bits per heavy atom. The van der Waals surface area contributed by atoms with Gasteiger partial charge in [0.15, 0.2) is 11.5 Å². The lowest BCUT2D eigenvalue weighted by Crippen LogP contribution is -2.31. The van der Waals surface area contributed by atoms with E-state index in [1.165, 1.54) is 6.33 Å². The SMILES string of the molecule is Nc1ncnc2c1ncn2[C@H]1CC[C@@H](CNS(=O)(=O)O)O1. The van der Waals surface area contributed by atoms with E-state index in [0.29, 0.717) is 29.8 Å². The average Bonchev–Trinajstić information content (AvgIpc) is 3.02. The van der Waals surface area contributed by atoms with E-state index < -0.39 is 10.3 Å². The largest absolute Gasteiger partial charge is 0.382 e. The van der Waals surface area contributed by atoms with Crippen LogP contribution in [-0.4, -0.2) is 45.1 Å². The summed E-state index contributed by atoms with van der Waals surface area (Å²) in [5.74, 6) is 0.293. The van der Waals surface area contributed by atoms with Gasteiger partial charge >= 0.3 is 10.3 Å². The zero-order valence-corrected chi connectivity index (χ0v) is 11.7. The molecule has 0 amide bonds. The molecule has 0 aliphatic carbocycles. The highest BCUT2D eigenvalue weighted by atomic mass is 32.2. The zero-order chi connectivity index (χ0) is 15.0. The topological polar surface area (TPSA) is 145 Å². The number of imidazole rings is 1. The number of nitrogens with zero attached hydrogens (tertiary/aromatic N) is 4. The first-order valence-corrected chi connectivity index (χ1v) is 7.68. The van der Waals surface area contributed by atoms with Gasteiger partial charge in [-0.25, -0.2) is 15.0 Å². The molecule has 3 rings (SSSR count). The molecule has 11 heteroatoms. The number of aromatic nitrogens is 4. The third-order valence-electron chi connectivity index (χ3n) is 3.28. The van der Waals surface area contributed by atoms with Crippen LogP contribution in [0.3, 0.4) is 0 Å². The van der Waals surface area contributed by atoms with E-state index >= 15 is 0 Å². The van der Waals surface area contributed by atoms with E-state index in [1.54, 1.807) is 10.9 Å². The fourth-order valence-corrected chi connectivity index (χ4v) is 2.72. The van der Waals surface area contributed by atoms with E-state index in [1.807, 2.05) is 4.72 Å². The maximum Gasteiger partial charge on any atom is 0.333 e. The van der Waals surface area contributed by atoms with E-state index in [9.17, 15) is 8.42 Å². The number of rotatable bonds is 4. The van der Waals surface area contributed by atoms with Crippen LogP contribution in [0.2, 0.25) is 0 Å². The summed E-state index contributed by atoms with van der Waals surface area (Å²) in [6.07, 6.45) is 3.60. The Morgan fingerprint density at radius 1 is 1.43 bits per heavy atom. The van der Waals surface area contributed by atoms with Crippen LogP contribution >= 0.6 is 0 Å². The molecule has 1 aliphatic heterocycles. The number of hydrogen-bond donors (Lipinski definition) is 3. The highest BCUT2D eigenvalue weighted by Crippen LogP contribution is 2.30. The van der Waals surface area contributed by atoms with Gasteiger partial charge in [-0.2, -0.15) is 13.1 Å². The first-order valence-electron chi connectivity index (χ1n) is 6.24. The lowest BCUT2D eigenvalue weighted by atomic mass is 10.2. The Balaban J connectivity index is 1.75. The second kappa shape index (κ2) is 5.18.